The minimum Gasteiger partial charge on any atom is -0.473 e. The van der Waals surface area contributed by atoms with Crippen LogP contribution >= 0.6 is 0 Å². The largest absolute Gasteiger partial charge is 0.473 e. The first kappa shape index (κ1) is 15.1. The van der Waals surface area contributed by atoms with E-state index < -0.39 is 10.2 Å². The van der Waals surface area contributed by atoms with Crippen molar-refractivity contribution in [2.75, 3.05) is 14.1 Å². The van der Waals surface area contributed by atoms with Gasteiger partial charge in [0.25, 0.3) is 10.2 Å². The average Bonchev–Trinajstić information content (AvgIpc) is 2.42. The van der Waals surface area contributed by atoms with Crippen LogP contribution in [0, 0.1) is 0 Å². The van der Waals surface area contributed by atoms with E-state index in [9.17, 15) is 8.42 Å². The van der Waals surface area contributed by atoms with Gasteiger partial charge in [0.15, 0.2) is 0 Å². The predicted molar refractivity (Wildman–Crippen MR) is 74.4 cm³/mol. The standard InChI is InChI=1S/C12H20N4O3S/c1-16(2)20(17,18)15-10-3-5-11(6-4-10)19-12-9-13-7-8-14-12/h7-11,15H,3-6H2,1-2H3. The predicted octanol–water partition coefficient (Wildman–Crippen LogP) is 0.563. The van der Waals surface area contributed by atoms with E-state index in [1.807, 2.05) is 0 Å². The van der Waals surface area contributed by atoms with Crippen molar-refractivity contribution in [3.05, 3.63) is 18.6 Å². The summed E-state index contributed by atoms with van der Waals surface area (Å²) in [4.78, 5) is 8.02. The average molecular weight is 300 g/mol. The molecule has 8 heteroatoms. The molecule has 1 aliphatic carbocycles. The third kappa shape index (κ3) is 4.12. The smallest absolute Gasteiger partial charge is 0.279 e. The maximum Gasteiger partial charge on any atom is 0.279 e. The molecule has 1 saturated carbocycles. The Bertz CT molecular complexity index is 513. The Morgan fingerprint density at radius 1 is 1.25 bits per heavy atom. The van der Waals surface area contributed by atoms with Gasteiger partial charge in [-0.25, -0.2) is 4.98 Å². The molecule has 1 fully saturated rings. The molecule has 1 aromatic rings. The van der Waals surface area contributed by atoms with Crippen LogP contribution in [0.1, 0.15) is 25.7 Å². The van der Waals surface area contributed by atoms with Crippen molar-refractivity contribution in [1.29, 1.82) is 0 Å². The highest BCUT2D eigenvalue weighted by Gasteiger charge is 2.26. The molecule has 0 atom stereocenters. The molecule has 1 N–H and O–H groups in total. The fraction of sp³-hybridized carbons (Fsp3) is 0.667. The first-order valence-electron chi connectivity index (χ1n) is 6.60. The van der Waals surface area contributed by atoms with Gasteiger partial charge in [0.05, 0.1) is 6.20 Å². The zero-order valence-electron chi connectivity index (χ0n) is 11.7. The van der Waals surface area contributed by atoms with Crippen LogP contribution in [0.15, 0.2) is 18.6 Å². The number of ether oxygens (including phenoxy) is 1. The highest BCUT2D eigenvalue weighted by molar-refractivity contribution is 7.87. The van der Waals surface area contributed by atoms with Crippen molar-refractivity contribution in [3.63, 3.8) is 0 Å². The molecular weight excluding hydrogens is 280 g/mol. The van der Waals surface area contributed by atoms with Crippen LogP contribution in [-0.2, 0) is 10.2 Å². The summed E-state index contributed by atoms with van der Waals surface area (Å²) in [6, 6.07) is -0.0240. The van der Waals surface area contributed by atoms with E-state index in [4.69, 9.17) is 4.74 Å². The van der Waals surface area contributed by atoms with E-state index in [0.29, 0.717) is 5.88 Å². The van der Waals surface area contributed by atoms with Gasteiger partial charge in [-0.05, 0) is 25.7 Å². The van der Waals surface area contributed by atoms with E-state index in [1.165, 1.54) is 18.4 Å². The molecule has 0 amide bonds. The van der Waals surface area contributed by atoms with Crippen LogP contribution in [0.4, 0.5) is 0 Å². The minimum absolute atomic E-state index is 0.0240. The summed E-state index contributed by atoms with van der Waals surface area (Å²) in [6.07, 6.45) is 7.98. The Balaban J connectivity index is 1.81. The number of rotatable bonds is 5. The summed E-state index contributed by atoms with van der Waals surface area (Å²) in [5.74, 6) is 0.518. The minimum atomic E-state index is -3.35. The zero-order valence-corrected chi connectivity index (χ0v) is 12.5. The van der Waals surface area contributed by atoms with Crippen molar-refractivity contribution >= 4 is 10.2 Å². The Morgan fingerprint density at radius 3 is 2.50 bits per heavy atom. The summed E-state index contributed by atoms with van der Waals surface area (Å²) in [5, 5.41) is 0. The molecule has 0 aromatic carbocycles. The maximum atomic E-state index is 11.7. The molecule has 20 heavy (non-hydrogen) atoms. The van der Waals surface area contributed by atoms with Crippen LogP contribution < -0.4 is 9.46 Å². The lowest BCUT2D eigenvalue weighted by Crippen LogP contribution is -2.44. The van der Waals surface area contributed by atoms with Gasteiger partial charge in [-0.15, -0.1) is 0 Å². The summed E-state index contributed by atoms with van der Waals surface area (Å²) in [6.45, 7) is 0. The zero-order chi connectivity index (χ0) is 14.6. The van der Waals surface area contributed by atoms with Crippen LogP contribution in [0.5, 0.6) is 5.88 Å². The lowest BCUT2D eigenvalue weighted by atomic mass is 9.94. The van der Waals surface area contributed by atoms with Gasteiger partial charge in [-0.1, -0.05) is 0 Å². The van der Waals surface area contributed by atoms with Gasteiger partial charge in [0.1, 0.15) is 6.10 Å². The van der Waals surface area contributed by atoms with E-state index in [-0.39, 0.29) is 12.1 Å². The Hall–Kier alpha value is -1.25. The highest BCUT2D eigenvalue weighted by atomic mass is 32.2. The Kier molecular flexibility index (Phi) is 4.90. The molecule has 7 nitrogen and oxygen atoms in total. The summed E-state index contributed by atoms with van der Waals surface area (Å²) in [7, 11) is -0.316. The summed E-state index contributed by atoms with van der Waals surface area (Å²) < 4.78 is 33.1. The Morgan fingerprint density at radius 2 is 1.95 bits per heavy atom. The van der Waals surface area contributed by atoms with Gasteiger partial charge < -0.3 is 4.74 Å². The van der Waals surface area contributed by atoms with E-state index in [1.54, 1.807) is 18.6 Å². The van der Waals surface area contributed by atoms with Gasteiger partial charge >= 0.3 is 0 Å². The van der Waals surface area contributed by atoms with Crippen molar-refractivity contribution in [1.82, 2.24) is 19.0 Å². The van der Waals surface area contributed by atoms with E-state index in [0.717, 1.165) is 25.7 Å². The molecular formula is C12H20N4O3S. The van der Waals surface area contributed by atoms with Gasteiger partial charge in [0.2, 0.25) is 5.88 Å². The fourth-order valence-electron chi connectivity index (χ4n) is 2.13. The summed E-state index contributed by atoms with van der Waals surface area (Å²) in [5.41, 5.74) is 0. The van der Waals surface area contributed by atoms with Gasteiger partial charge in [-0.2, -0.15) is 17.4 Å². The SMILES string of the molecule is CN(C)S(=O)(=O)NC1CCC(Oc2cnccn2)CC1. The first-order chi connectivity index (χ1) is 9.47. The van der Waals surface area contributed by atoms with Crippen molar-refractivity contribution in [2.45, 2.75) is 37.8 Å². The molecule has 1 heterocycles. The quantitative estimate of drug-likeness (QED) is 0.859. The third-order valence-corrected chi connectivity index (χ3v) is 4.89. The topological polar surface area (TPSA) is 84.4 Å². The molecule has 112 valence electrons. The van der Waals surface area contributed by atoms with Crippen LogP contribution in [-0.4, -0.2) is 48.9 Å². The highest BCUT2D eigenvalue weighted by Crippen LogP contribution is 2.23. The van der Waals surface area contributed by atoms with E-state index in [2.05, 4.69) is 14.7 Å². The molecule has 2 rings (SSSR count). The third-order valence-electron chi connectivity index (χ3n) is 3.30. The molecule has 0 saturated heterocycles. The van der Waals surface area contributed by atoms with Gasteiger partial charge in [0, 0.05) is 32.5 Å². The maximum absolute atomic E-state index is 11.7. The lowest BCUT2D eigenvalue weighted by Gasteiger charge is -2.29. The monoisotopic (exact) mass is 300 g/mol. The normalized spacial score (nSPS) is 23.8. The first-order valence-corrected chi connectivity index (χ1v) is 8.04. The molecule has 1 aliphatic rings. The fourth-order valence-corrected chi connectivity index (χ4v) is 3.00. The van der Waals surface area contributed by atoms with Crippen LogP contribution in [0.2, 0.25) is 0 Å². The number of hydrogen-bond acceptors (Lipinski definition) is 5. The molecule has 0 spiro atoms. The number of nitrogens with one attached hydrogen (secondary N) is 1. The second kappa shape index (κ2) is 6.47. The second-order valence-electron chi connectivity index (χ2n) is 5.04. The van der Waals surface area contributed by atoms with E-state index >= 15 is 0 Å². The van der Waals surface area contributed by atoms with Gasteiger partial charge in [-0.3, -0.25) is 4.98 Å². The van der Waals surface area contributed by atoms with Crippen molar-refractivity contribution in [3.8, 4) is 5.88 Å². The van der Waals surface area contributed by atoms with Crippen LogP contribution in [0.25, 0.3) is 0 Å². The molecule has 0 bridgehead atoms. The second-order valence-corrected chi connectivity index (χ2v) is 6.96. The summed E-state index contributed by atoms with van der Waals surface area (Å²) >= 11 is 0. The Labute approximate surface area is 119 Å². The number of hydrogen-bond donors (Lipinski definition) is 1. The lowest BCUT2D eigenvalue weighted by molar-refractivity contribution is 0.137. The number of aromatic nitrogens is 2. The van der Waals surface area contributed by atoms with Crippen LogP contribution in [0.3, 0.4) is 0 Å². The molecule has 0 radical (unpaired) electrons. The molecule has 1 aromatic heterocycles. The molecule has 0 aliphatic heterocycles. The van der Waals surface area contributed by atoms with Crippen molar-refractivity contribution in [2.24, 2.45) is 0 Å². The van der Waals surface area contributed by atoms with Crippen molar-refractivity contribution < 1.29 is 13.2 Å². The number of nitrogens with zero attached hydrogens (tertiary/aromatic N) is 3. The molecule has 0 unspecified atom stereocenters.